The van der Waals surface area contributed by atoms with Crippen LogP contribution in [0.25, 0.3) is 0 Å². The van der Waals surface area contributed by atoms with E-state index in [1.165, 1.54) is 31.4 Å². The van der Waals surface area contributed by atoms with Crippen molar-refractivity contribution in [3.63, 3.8) is 0 Å². The fourth-order valence-electron chi connectivity index (χ4n) is 1.58. The number of anilines is 1. The van der Waals surface area contributed by atoms with Crippen molar-refractivity contribution in [2.45, 2.75) is 0 Å². The van der Waals surface area contributed by atoms with Gasteiger partial charge in [-0.1, -0.05) is 19.2 Å². The normalized spacial score (nSPS) is 11.5. The van der Waals surface area contributed by atoms with E-state index in [-0.39, 0.29) is 17.0 Å². The number of sulfonamides is 1. The van der Waals surface area contributed by atoms with Gasteiger partial charge in [-0.3, -0.25) is 4.72 Å². The maximum Gasteiger partial charge on any atom is 0.340 e. The number of ether oxygens (including phenoxy) is 2. The third kappa shape index (κ3) is 5.57. The van der Waals surface area contributed by atoms with Gasteiger partial charge in [0.1, 0.15) is 11.5 Å². The van der Waals surface area contributed by atoms with Crippen molar-refractivity contribution >= 4 is 37.6 Å². The van der Waals surface area contributed by atoms with Crippen LogP contribution in [0.5, 0.6) is 5.75 Å². The quantitative estimate of drug-likeness (QED) is 0.430. The van der Waals surface area contributed by atoms with E-state index >= 15 is 0 Å². The number of methoxy groups -OCH3 is 1. The molecule has 0 aliphatic heterocycles. The Hall–Kier alpha value is -2.06. The van der Waals surface area contributed by atoms with Crippen LogP contribution in [-0.4, -0.2) is 27.8 Å². The highest BCUT2D eigenvalue weighted by atomic mass is 79.9. The lowest BCUT2D eigenvalue weighted by Crippen LogP contribution is -2.14. The van der Waals surface area contributed by atoms with Gasteiger partial charge in [-0.2, -0.15) is 0 Å². The highest BCUT2D eigenvalue weighted by Crippen LogP contribution is 2.33. The molecule has 1 N–H and O–H groups in total. The molecule has 0 atom stereocenters. The number of benzene rings is 1. The van der Waals surface area contributed by atoms with Crippen LogP contribution in [0, 0.1) is 0 Å². The Morgan fingerprint density at radius 2 is 2.00 bits per heavy atom. The van der Waals surface area contributed by atoms with Crippen LogP contribution < -0.4 is 9.46 Å². The van der Waals surface area contributed by atoms with E-state index in [1.807, 2.05) is 0 Å². The van der Waals surface area contributed by atoms with Crippen molar-refractivity contribution in [1.29, 1.82) is 0 Å². The second-order valence-electron chi connectivity index (χ2n) is 4.30. The molecule has 8 heteroatoms. The Labute approximate surface area is 143 Å². The van der Waals surface area contributed by atoms with E-state index in [2.05, 4.69) is 38.5 Å². The summed E-state index contributed by atoms with van der Waals surface area (Å²) in [6.45, 7) is 7.16. The van der Waals surface area contributed by atoms with Gasteiger partial charge in [-0.25, -0.2) is 13.2 Å². The largest absolute Gasteiger partial charge is 0.465 e. The molecule has 1 aromatic carbocycles. The zero-order chi connectivity index (χ0) is 17.6. The number of nitrogens with one attached hydrogen (secondary N) is 1. The lowest BCUT2D eigenvalue weighted by molar-refractivity contribution is 0.0601. The Morgan fingerprint density at radius 1 is 1.35 bits per heavy atom. The van der Waals surface area contributed by atoms with Gasteiger partial charge in [0, 0.05) is 0 Å². The molecule has 0 spiro atoms. The first-order valence-corrected chi connectivity index (χ1v) is 8.93. The molecule has 1 aromatic rings. The third-order valence-electron chi connectivity index (χ3n) is 2.48. The van der Waals surface area contributed by atoms with Crippen molar-refractivity contribution in [1.82, 2.24) is 0 Å². The van der Waals surface area contributed by atoms with E-state index in [0.717, 1.165) is 6.26 Å². The summed E-state index contributed by atoms with van der Waals surface area (Å²) in [7, 11) is -2.37. The molecule has 6 nitrogen and oxygen atoms in total. The van der Waals surface area contributed by atoms with Crippen LogP contribution >= 0.6 is 15.9 Å². The number of rotatable bonds is 7. The van der Waals surface area contributed by atoms with Gasteiger partial charge in [0.25, 0.3) is 0 Å². The first kappa shape index (κ1) is 19.0. The van der Waals surface area contributed by atoms with Crippen LogP contribution in [0.2, 0.25) is 0 Å². The highest BCUT2D eigenvalue weighted by Gasteiger charge is 2.19. The monoisotopic (exact) mass is 401 g/mol. The second-order valence-corrected chi connectivity index (χ2v) is 6.91. The minimum Gasteiger partial charge on any atom is -0.465 e. The van der Waals surface area contributed by atoms with Gasteiger partial charge in [0.05, 0.1) is 29.1 Å². The highest BCUT2D eigenvalue weighted by molar-refractivity contribution is 9.10. The van der Waals surface area contributed by atoms with E-state index in [0.29, 0.717) is 10.2 Å². The number of carbonyl (C=O) groups is 1. The molecule has 1 rings (SSSR count). The minimum absolute atomic E-state index is 0.0122. The number of esters is 1. The van der Waals surface area contributed by atoms with Gasteiger partial charge < -0.3 is 9.47 Å². The van der Waals surface area contributed by atoms with Crippen LogP contribution in [0.3, 0.4) is 0 Å². The van der Waals surface area contributed by atoms with Crippen LogP contribution in [0.4, 0.5) is 5.69 Å². The van der Waals surface area contributed by atoms with Gasteiger partial charge in [0.15, 0.2) is 0 Å². The summed E-state index contributed by atoms with van der Waals surface area (Å²) in [5.74, 6) is -0.0147. The van der Waals surface area contributed by atoms with Crippen molar-refractivity contribution in [3.05, 3.63) is 59.3 Å². The summed E-state index contributed by atoms with van der Waals surface area (Å²) in [6.07, 6.45) is 5.55. The molecule has 0 heterocycles. The van der Waals surface area contributed by atoms with E-state index in [9.17, 15) is 13.2 Å². The number of carbonyl (C=O) groups excluding carboxylic acids is 1. The van der Waals surface area contributed by atoms with Crippen molar-refractivity contribution < 1.29 is 22.7 Å². The lowest BCUT2D eigenvalue weighted by atomic mass is 10.1. The molecule has 0 fully saturated rings. The molecule has 23 heavy (non-hydrogen) atoms. The molecular formula is C15H16BrNO5S. The molecule has 0 amide bonds. The molecule has 0 aliphatic rings. The average Bonchev–Trinajstić information content (AvgIpc) is 2.46. The summed E-state index contributed by atoms with van der Waals surface area (Å²) in [6, 6.07) is 2.78. The fraction of sp³-hybridized carbons (Fsp3) is 0.133. The van der Waals surface area contributed by atoms with Gasteiger partial charge in [-0.15, -0.1) is 0 Å². The number of halogens is 1. The summed E-state index contributed by atoms with van der Waals surface area (Å²) in [5, 5.41) is 0. The molecule has 124 valence electrons. The van der Waals surface area contributed by atoms with Crippen molar-refractivity contribution in [2.24, 2.45) is 0 Å². The number of hydrogen-bond acceptors (Lipinski definition) is 5. The van der Waals surface area contributed by atoms with Crippen molar-refractivity contribution in [3.8, 4) is 5.75 Å². The standard InChI is InChI=1S/C15H16BrNO5S/c1-5-7-10(6-2)22-14-8-11(15(18)21-3)13(9-12(14)16)17-23(4,19)20/h5-9,17H,1-2H2,3-4H3/b10-7+. The molecule has 0 aliphatic carbocycles. The molecule has 0 saturated heterocycles. The molecule has 0 unspecified atom stereocenters. The van der Waals surface area contributed by atoms with Crippen LogP contribution in [0.1, 0.15) is 10.4 Å². The van der Waals surface area contributed by atoms with Gasteiger partial charge in [0.2, 0.25) is 10.0 Å². The Bertz CT molecular complexity index is 768. The Balaban J connectivity index is 3.41. The molecule has 0 radical (unpaired) electrons. The number of allylic oxidation sites excluding steroid dienone is 3. The van der Waals surface area contributed by atoms with Gasteiger partial charge in [-0.05, 0) is 40.2 Å². The van der Waals surface area contributed by atoms with E-state index < -0.39 is 16.0 Å². The molecule has 0 bridgehead atoms. The lowest BCUT2D eigenvalue weighted by Gasteiger charge is -2.14. The zero-order valence-corrected chi connectivity index (χ0v) is 15.0. The maximum absolute atomic E-state index is 11.9. The average molecular weight is 402 g/mol. The molecule has 0 aromatic heterocycles. The molecule has 0 saturated carbocycles. The fourth-order valence-corrected chi connectivity index (χ4v) is 2.57. The van der Waals surface area contributed by atoms with Gasteiger partial charge >= 0.3 is 5.97 Å². The SMILES string of the molecule is C=C/C=C(\C=C)Oc1cc(C(=O)OC)c(NS(C)(=O)=O)cc1Br. The predicted molar refractivity (Wildman–Crippen MR) is 93.1 cm³/mol. The predicted octanol–water partition coefficient (Wildman–Crippen LogP) is 3.24. The smallest absolute Gasteiger partial charge is 0.340 e. The third-order valence-corrected chi connectivity index (χ3v) is 3.69. The first-order chi connectivity index (χ1) is 10.7. The summed E-state index contributed by atoms with van der Waals surface area (Å²) in [5.41, 5.74) is 0.0876. The van der Waals surface area contributed by atoms with Crippen LogP contribution in [0.15, 0.2) is 53.8 Å². The number of hydrogen-bond donors (Lipinski definition) is 1. The topological polar surface area (TPSA) is 81.7 Å². The van der Waals surface area contributed by atoms with E-state index in [1.54, 1.807) is 6.08 Å². The van der Waals surface area contributed by atoms with Crippen molar-refractivity contribution in [2.75, 3.05) is 18.1 Å². The minimum atomic E-state index is -3.57. The first-order valence-electron chi connectivity index (χ1n) is 6.24. The zero-order valence-electron chi connectivity index (χ0n) is 12.6. The second kappa shape index (κ2) is 7.98. The maximum atomic E-state index is 11.9. The van der Waals surface area contributed by atoms with E-state index in [4.69, 9.17) is 4.74 Å². The Morgan fingerprint density at radius 3 is 2.48 bits per heavy atom. The summed E-state index contributed by atoms with van der Waals surface area (Å²) in [4.78, 5) is 11.9. The summed E-state index contributed by atoms with van der Waals surface area (Å²) >= 11 is 3.27. The van der Waals surface area contributed by atoms with Crippen LogP contribution in [-0.2, 0) is 14.8 Å². The Kier molecular flexibility index (Phi) is 6.59. The summed E-state index contributed by atoms with van der Waals surface area (Å²) < 4.78 is 35.8. The molecular weight excluding hydrogens is 386 g/mol.